The van der Waals surface area contributed by atoms with Crippen molar-refractivity contribution in [1.29, 1.82) is 0 Å². The number of rotatable bonds is 8. The first kappa shape index (κ1) is 21.8. The second-order valence-corrected chi connectivity index (χ2v) is 10.1. The maximum Gasteiger partial charge on any atom is 0.322 e. The van der Waals surface area contributed by atoms with Crippen molar-refractivity contribution in [3.8, 4) is 17.2 Å². The SMILES string of the molecule is COc1ccc(SCC(=O)Nc2nnc(-c3ccc(S(=O)(=O)C(C)C)cc3)o2)cc1. The zero-order valence-electron chi connectivity index (χ0n) is 16.7. The third-order valence-electron chi connectivity index (χ3n) is 4.15. The van der Waals surface area contributed by atoms with Crippen LogP contribution in [-0.4, -0.2) is 42.6 Å². The molecule has 0 fully saturated rings. The number of thioether (sulfide) groups is 1. The standard InChI is InChI=1S/C20H21N3O5S2/c1-13(2)30(25,26)17-10-4-14(5-11-17)19-22-23-20(28-19)21-18(24)12-29-16-8-6-15(27-3)7-9-16/h4-11,13H,12H2,1-3H3,(H,21,23,24). The maximum absolute atomic E-state index is 12.2. The number of carbonyl (C=O) groups excluding carboxylic acids is 1. The van der Waals surface area contributed by atoms with Crippen LogP contribution in [0.5, 0.6) is 5.75 Å². The second-order valence-electron chi connectivity index (χ2n) is 6.54. The summed E-state index contributed by atoms with van der Waals surface area (Å²) in [5, 5.41) is 9.76. The van der Waals surface area contributed by atoms with Crippen LogP contribution in [0.4, 0.5) is 6.01 Å². The van der Waals surface area contributed by atoms with E-state index in [4.69, 9.17) is 9.15 Å². The molecule has 1 N–H and O–H groups in total. The molecule has 0 atom stereocenters. The summed E-state index contributed by atoms with van der Waals surface area (Å²) in [7, 11) is -1.76. The van der Waals surface area contributed by atoms with Gasteiger partial charge in [-0.3, -0.25) is 10.1 Å². The highest BCUT2D eigenvalue weighted by Crippen LogP contribution is 2.24. The Bertz CT molecular complexity index is 1110. The number of benzene rings is 2. The Hall–Kier alpha value is -2.85. The van der Waals surface area contributed by atoms with E-state index in [2.05, 4.69) is 15.5 Å². The van der Waals surface area contributed by atoms with Crippen LogP contribution in [0.3, 0.4) is 0 Å². The number of hydrogen-bond donors (Lipinski definition) is 1. The second kappa shape index (κ2) is 9.31. The van der Waals surface area contributed by atoms with E-state index < -0.39 is 15.1 Å². The molecular weight excluding hydrogens is 426 g/mol. The Kier molecular flexibility index (Phi) is 6.78. The highest BCUT2D eigenvalue weighted by molar-refractivity contribution is 8.00. The molecule has 1 aromatic heterocycles. The molecule has 2 aromatic carbocycles. The van der Waals surface area contributed by atoms with Crippen molar-refractivity contribution in [3.05, 3.63) is 48.5 Å². The van der Waals surface area contributed by atoms with Crippen LogP contribution in [0.15, 0.2) is 62.7 Å². The fourth-order valence-electron chi connectivity index (χ4n) is 2.43. The molecule has 1 amide bonds. The van der Waals surface area contributed by atoms with E-state index in [1.165, 1.54) is 23.9 Å². The Morgan fingerprint density at radius 2 is 1.77 bits per heavy atom. The first-order chi connectivity index (χ1) is 14.3. The summed E-state index contributed by atoms with van der Waals surface area (Å²) in [4.78, 5) is 13.3. The third-order valence-corrected chi connectivity index (χ3v) is 7.33. The summed E-state index contributed by atoms with van der Waals surface area (Å²) < 4.78 is 35.0. The zero-order valence-corrected chi connectivity index (χ0v) is 18.3. The normalized spacial score (nSPS) is 11.5. The van der Waals surface area contributed by atoms with E-state index in [9.17, 15) is 13.2 Å². The van der Waals surface area contributed by atoms with Crippen LogP contribution in [0, 0.1) is 0 Å². The molecule has 0 unspecified atom stereocenters. The Morgan fingerprint density at radius 3 is 2.37 bits per heavy atom. The van der Waals surface area contributed by atoms with Gasteiger partial charge in [0, 0.05) is 10.5 Å². The molecule has 0 aliphatic rings. The zero-order chi connectivity index (χ0) is 21.7. The topological polar surface area (TPSA) is 111 Å². The van der Waals surface area contributed by atoms with Crippen molar-refractivity contribution in [2.45, 2.75) is 28.9 Å². The van der Waals surface area contributed by atoms with Gasteiger partial charge in [0.05, 0.1) is 23.0 Å². The van der Waals surface area contributed by atoms with Gasteiger partial charge in [-0.25, -0.2) is 8.42 Å². The van der Waals surface area contributed by atoms with Crippen molar-refractivity contribution in [2.24, 2.45) is 0 Å². The average molecular weight is 448 g/mol. The monoisotopic (exact) mass is 447 g/mol. The molecule has 0 bridgehead atoms. The van der Waals surface area contributed by atoms with Gasteiger partial charge in [-0.15, -0.1) is 16.9 Å². The molecule has 3 rings (SSSR count). The first-order valence-electron chi connectivity index (χ1n) is 9.04. The van der Waals surface area contributed by atoms with Gasteiger partial charge in [-0.1, -0.05) is 5.10 Å². The molecule has 0 saturated heterocycles. The minimum absolute atomic E-state index is 0.0239. The average Bonchev–Trinajstić information content (AvgIpc) is 3.21. The lowest BCUT2D eigenvalue weighted by atomic mass is 10.2. The van der Waals surface area contributed by atoms with Crippen LogP contribution < -0.4 is 10.1 Å². The number of anilines is 1. The molecule has 0 radical (unpaired) electrons. The number of methoxy groups -OCH3 is 1. The van der Waals surface area contributed by atoms with Crippen molar-refractivity contribution in [1.82, 2.24) is 10.2 Å². The van der Waals surface area contributed by atoms with Gasteiger partial charge in [-0.05, 0) is 62.4 Å². The highest BCUT2D eigenvalue weighted by Gasteiger charge is 2.19. The summed E-state index contributed by atoms with van der Waals surface area (Å²) in [5.74, 6) is 0.814. The fraction of sp³-hybridized carbons (Fsp3) is 0.250. The van der Waals surface area contributed by atoms with Crippen LogP contribution >= 0.6 is 11.8 Å². The van der Waals surface area contributed by atoms with E-state index in [1.807, 2.05) is 24.3 Å². The van der Waals surface area contributed by atoms with E-state index in [0.717, 1.165) is 10.6 Å². The Morgan fingerprint density at radius 1 is 1.10 bits per heavy atom. The Balaban J connectivity index is 1.59. The third kappa shape index (κ3) is 5.19. The van der Waals surface area contributed by atoms with E-state index in [0.29, 0.717) is 5.56 Å². The molecule has 8 nitrogen and oxygen atoms in total. The number of hydrogen-bond acceptors (Lipinski definition) is 8. The smallest absolute Gasteiger partial charge is 0.322 e. The number of ether oxygens (including phenoxy) is 1. The van der Waals surface area contributed by atoms with Crippen molar-refractivity contribution in [2.75, 3.05) is 18.2 Å². The van der Waals surface area contributed by atoms with Crippen LogP contribution in [0.2, 0.25) is 0 Å². The largest absolute Gasteiger partial charge is 0.497 e. The first-order valence-corrected chi connectivity index (χ1v) is 11.6. The molecule has 3 aromatic rings. The Labute approximate surface area is 179 Å². The molecule has 30 heavy (non-hydrogen) atoms. The number of amides is 1. The summed E-state index contributed by atoms with van der Waals surface area (Å²) in [6.45, 7) is 3.26. The quantitative estimate of drug-likeness (QED) is 0.521. The van der Waals surface area contributed by atoms with Gasteiger partial charge < -0.3 is 9.15 Å². The molecule has 10 heteroatoms. The van der Waals surface area contributed by atoms with Crippen molar-refractivity contribution < 1.29 is 22.4 Å². The van der Waals surface area contributed by atoms with E-state index in [-0.39, 0.29) is 28.5 Å². The van der Waals surface area contributed by atoms with Gasteiger partial charge in [0.15, 0.2) is 9.84 Å². The fourth-order valence-corrected chi connectivity index (χ4v) is 4.18. The van der Waals surface area contributed by atoms with Gasteiger partial charge in [0.2, 0.25) is 11.8 Å². The highest BCUT2D eigenvalue weighted by atomic mass is 32.2. The van der Waals surface area contributed by atoms with E-state index >= 15 is 0 Å². The van der Waals surface area contributed by atoms with Gasteiger partial charge in [0.1, 0.15) is 5.75 Å². The van der Waals surface area contributed by atoms with Gasteiger partial charge >= 0.3 is 6.01 Å². The number of nitrogens with zero attached hydrogens (tertiary/aromatic N) is 2. The molecule has 158 valence electrons. The van der Waals surface area contributed by atoms with Crippen molar-refractivity contribution in [3.63, 3.8) is 0 Å². The number of carbonyl (C=O) groups is 1. The van der Waals surface area contributed by atoms with Gasteiger partial charge in [-0.2, -0.15) is 0 Å². The lowest BCUT2D eigenvalue weighted by Gasteiger charge is -2.07. The molecule has 0 aliphatic carbocycles. The number of nitrogens with one attached hydrogen (secondary N) is 1. The van der Waals surface area contributed by atoms with Crippen LogP contribution in [-0.2, 0) is 14.6 Å². The van der Waals surface area contributed by atoms with Crippen molar-refractivity contribution >= 4 is 33.5 Å². The summed E-state index contributed by atoms with van der Waals surface area (Å²) in [6.07, 6.45) is 0. The van der Waals surface area contributed by atoms with Crippen LogP contribution in [0.1, 0.15) is 13.8 Å². The minimum atomic E-state index is -3.35. The molecule has 0 spiro atoms. The van der Waals surface area contributed by atoms with E-state index in [1.54, 1.807) is 33.1 Å². The lowest BCUT2D eigenvalue weighted by molar-refractivity contribution is -0.113. The predicted octanol–water partition coefficient (Wildman–Crippen LogP) is 3.66. The summed E-state index contributed by atoms with van der Waals surface area (Å²) in [6, 6.07) is 13.5. The molecular formula is C20H21N3O5S2. The van der Waals surface area contributed by atoms with Crippen LogP contribution in [0.25, 0.3) is 11.5 Å². The minimum Gasteiger partial charge on any atom is -0.497 e. The lowest BCUT2D eigenvalue weighted by Crippen LogP contribution is -2.14. The van der Waals surface area contributed by atoms with Gasteiger partial charge in [0.25, 0.3) is 0 Å². The predicted molar refractivity (Wildman–Crippen MR) is 114 cm³/mol. The number of sulfone groups is 1. The maximum atomic E-state index is 12.2. The summed E-state index contributed by atoms with van der Waals surface area (Å²) in [5.41, 5.74) is 0.554. The molecule has 0 saturated carbocycles. The molecule has 0 aliphatic heterocycles. The number of aromatic nitrogens is 2. The molecule has 1 heterocycles. The summed E-state index contributed by atoms with van der Waals surface area (Å²) >= 11 is 1.36.